The molecule has 0 spiro atoms. The van der Waals surface area contributed by atoms with Crippen molar-refractivity contribution >= 4 is 23.6 Å². The molecule has 0 aromatic heterocycles. The predicted molar refractivity (Wildman–Crippen MR) is 86.7 cm³/mol. The van der Waals surface area contributed by atoms with Crippen LogP contribution in [-0.4, -0.2) is 30.3 Å². The van der Waals surface area contributed by atoms with Crippen LogP contribution in [0.15, 0.2) is 49.6 Å². The molecule has 7 nitrogen and oxygen atoms in total. The number of hydrogen-bond acceptors (Lipinski definition) is 7. The molecule has 7 heteroatoms. The van der Waals surface area contributed by atoms with Gasteiger partial charge in [0.2, 0.25) is 0 Å². The first kappa shape index (κ1) is 19.0. The molecule has 0 saturated heterocycles. The summed E-state index contributed by atoms with van der Waals surface area (Å²) in [5, 5.41) is 0. The number of carbonyl (C=O) groups is 3. The van der Waals surface area contributed by atoms with Gasteiger partial charge in [0, 0.05) is 17.8 Å². The summed E-state index contributed by atoms with van der Waals surface area (Å²) >= 11 is 0. The fraction of sp³-hybridized carbons (Fsp3) is 0.235. The van der Waals surface area contributed by atoms with Crippen LogP contribution in [0.1, 0.15) is 23.7 Å². The van der Waals surface area contributed by atoms with Gasteiger partial charge in [0.25, 0.3) is 6.29 Å². The van der Waals surface area contributed by atoms with E-state index in [1.54, 1.807) is 19.1 Å². The standard InChI is InChI=1S/C17H19NO6/c1-4-13(17(23-14(19)5-2)24-15(20)6-3)22-16(21)11-7-9-12(18)10-8-11/h5-10,13,17H,2-4,18H2,1H3. The van der Waals surface area contributed by atoms with Crippen molar-refractivity contribution in [2.75, 3.05) is 5.73 Å². The van der Waals surface area contributed by atoms with Gasteiger partial charge in [-0.15, -0.1) is 0 Å². The molecule has 24 heavy (non-hydrogen) atoms. The van der Waals surface area contributed by atoms with Crippen LogP contribution in [0.3, 0.4) is 0 Å². The van der Waals surface area contributed by atoms with Crippen LogP contribution >= 0.6 is 0 Å². The lowest BCUT2D eigenvalue weighted by molar-refractivity contribution is -0.200. The van der Waals surface area contributed by atoms with Gasteiger partial charge in [0.15, 0.2) is 6.10 Å². The smallest absolute Gasteiger partial charge is 0.338 e. The van der Waals surface area contributed by atoms with Crippen LogP contribution in [0.4, 0.5) is 5.69 Å². The normalized spacial score (nSPS) is 11.2. The minimum absolute atomic E-state index is 0.236. The number of ether oxygens (including phenoxy) is 3. The van der Waals surface area contributed by atoms with Crippen LogP contribution in [0.25, 0.3) is 0 Å². The zero-order valence-corrected chi connectivity index (χ0v) is 13.3. The SMILES string of the molecule is C=CC(=O)OC(OC(=O)C=C)C(CC)OC(=O)c1ccc(N)cc1. The van der Waals surface area contributed by atoms with E-state index in [2.05, 4.69) is 13.2 Å². The summed E-state index contributed by atoms with van der Waals surface area (Å²) in [5.41, 5.74) is 6.31. The molecule has 1 atom stereocenters. The third-order valence-electron chi connectivity index (χ3n) is 2.91. The number of anilines is 1. The van der Waals surface area contributed by atoms with Crippen molar-refractivity contribution in [1.82, 2.24) is 0 Å². The number of esters is 3. The van der Waals surface area contributed by atoms with Crippen LogP contribution in [0.2, 0.25) is 0 Å². The van der Waals surface area contributed by atoms with Gasteiger partial charge >= 0.3 is 17.9 Å². The molecule has 0 heterocycles. The van der Waals surface area contributed by atoms with Crippen molar-refractivity contribution in [3.8, 4) is 0 Å². The molecule has 0 aliphatic rings. The number of hydrogen-bond donors (Lipinski definition) is 1. The summed E-state index contributed by atoms with van der Waals surface area (Å²) in [4.78, 5) is 34.9. The largest absolute Gasteiger partial charge is 0.451 e. The van der Waals surface area contributed by atoms with Crippen molar-refractivity contribution in [1.29, 1.82) is 0 Å². The van der Waals surface area contributed by atoms with Crippen LogP contribution in [0.5, 0.6) is 0 Å². The fourth-order valence-corrected chi connectivity index (χ4v) is 1.66. The summed E-state index contributed by atoms with van der Waals surface area (Å²) in [6.07, 6.45) is -0.362. The van der Waals surface area contributed by atoms with E-state index < -0.39 is 30.3 Å². The molecule has 1 unspecified atom stereocenters. The van der Waals surface area contributed by atoms with Gasteiger partial charge in [0.1, 0.15) is 0 Å². The molecule has 0 aliphatic heterocycles. The molecule has 0 aliphatic carbocycles. The Morgan fingerprint density at radius 1 is 1.04 bits per heavy atom. The lowest BCUT2D eigenvalue weighted by Gasteiger charge is -2.25. The summed E-state index contributed by atoms with van der Waals surface area (Å²) in [6.45, 7) is 8.20. The Morgan fingerprint density at radius 3 is 1.96 bits per heavy atom. The monoisotopic (exact) mass is 333 g/mol. The Kier molecular flexibility index (Phi) is 7.22. The maximum Gasteiger partial charge on any atom is 0.338 e. The van der Waals surface area contributed by atoms with Gasteiger partial charge < -0.3 is 19.9 Å². The van der Waals surface area contributed by atoms with Gasteiger partial charge in [-0.3, -0.25) is 0 Å². The van der Waals surface area contributed by atoms with Crippen molar-refractivity contribution in [2.24, 2.45) is 0 Å². The zero-order chi connectivity index (χ0) is 18.1. The van der Waals surface area contributed by atoms with Crippen molar-refractivity contribution in [3.63, 3.8) is 0 Å². The first-order valence-corrected chi connectivity index (χ1v) is 7.13. The predicted octanol–water partition coefficient (Wildman–Crippen LogP) is 1.99. The number of benzene rings is 1. The Hall–Kier alpha value is -3.09. The first-order valence-electron chi connectivity index (χ1n) is 7.13. The second kappa shape index (κ2) is 9.14. The molecule has 1 aromatic carbocycles. The van der Waals surface area contributed by atoms with Crippen molar-refractivity contribution in [3.05, 3.63) is 55.1 Å². The zero-order valence-electron chi connectivity index (χ0n) is 13.3. The number of rotatable bonds is 8. The van der Waals surface area contributed by atoms with Crippen molar-refractivity contribution < 1.29 is 28.6 Å². The maximum absolute atomic E-state index is 12.2. The fourth-order valence-electron chi connectivity index (χ4n) is 1.66. The molecule has 0 amide bonds. The second-order valence-electron chi connectivity index (χ2n) is 4.62. The Labute approximate surface area is 139 Å². The van der Waals surface area contributed by atoms with Gasteiger partial charge in [-0.05, 0) is 30.7 Å². The van der Waals surface area contributed by atoms with E-state index in [0.29, 0.717) is 5.69 Å². The number of carbonyl (C=O) groups excluding carboxylic acids is 3. The van der Waals surface area contributed by atoms with Crippen molar-refractivity contribution in [2.45, 2.75) is 25.7 Å². The average Bonchev–Trinajstić information content (AvgIpc) is 2.59. The van der Waals surface area contributed by atoms with Gasteiger partial charge in [0.05, 0.1) is 5.56 Å². The summed E-state index contributed by atoms with van der Waals surface area (Å²) in [7, 11) is 0. The van der Waals surface area contributed by atoms with E-state index in [0.717, 1.165) is 12.2 Å². The highest BCUT2D eigenvalue weighted by atomic mass is 16.7. The second-order valence-corrected chi connectivity index (χ2v) is 4.62. The van der Waals surface area contributed by atoms with Crippen LogP contribution < -0.4 is 5.73 Å². The van der Waals surface area contributed by atoms with E-state index in [9.17, 15) is 14.4 Å². The Balaban J connectivity index is 2.90. The molecule has 0 saturated carbocycles. The summed E-state index contributed by atoms with van der Waals surface area (Å²) in [5.74, 6) is -2.31. The summed E-state index contributed by atoms with van der Waals surface area (Å²) in [6, 6.07) is 6.07. The van der Waals surface area contributed by atoms with E-state index >= 15 is 0 Å². The van der Waals surface area contributed by atoms with Gasteiger partial charge in [-0.25, -0.2) is 14.4 Å². The maximum atomic E-state index is 12.2. The van der Waals surface area contributed by atoms with Crippen LogP contribution in [0, 0.1) is 0 Å². The molecule has 0 radical (unpaired) electrons. The highest BCUT2D eigenvalue weighted by Gasteiger charge is 2.30. The topological polar surface area (TPSA) is 105 Å². The van der Waals surface area contributed by atoms with E-state index in [-0.39, 0.29) is 12.0 Å². The average molecular weight is 333 g/mol. The molecule has 128 valence electrons. The lowest BCUT2D eigenvalue weighted by atomic mass is 10.2. The molecule has 0 fully saturated rings. The van der Waals surface area contributed by atoms with Gasteiger partial charge in [-0.2, -0.15) is 0 Å². The molecule has 1 aromatic rings. The number of nitrogens with two attached hydrogens (primary N) is 1. The number of nitrogen functional groups attached to an aromatic ring is 1. The first-order chi connectivity index (χ1) is 11.4. The molecule has 2 N–H and O–H groups in total. The van der Waals surface area contributed by atoms with E-state index in [4.69, 9.17) is 19.9 Å². The third kappa shape index (κ3) is 5.60. The highest BCUT2D eigenvalue weighted by Crippen LogP contribution is 2.15. The Bertz CT molecular complexity index is 600. The highest BCUT2D eigenvalue weighted by molar-refractivity contribution is 5.90. The van der Waals surface area contributed by atoms with E-state index in [1.165, 1.54) is 12.1 Å². The lowest BCUT2D eigenvalue weighted by Crippen LogP contribution is -2.38. The molecule has 1 rings (SSSR count). The third-order valence-corrected chi connectivity index (χ3v) is 2.91. The molecular formula is C17H19NO6. The molecular weight excluding hydrogens is 314 g/mol. The molecule has 0 bridgehead atoms. The Morgan fingerprint density at radius 2 is 1.54 bits per heavy atom. The summed E-state index contributed by atoms with van der Waals surface area (Å²) < 4.78 is 15.1. The minimum atomic E-state index is -1.41. The quantitative estimate of drug-likeness (QED) is 0.336. The van der Waals surface area contributed by atoms with E-state index in [1.807, 2.05) is 0 Å². The van der Waals surface area contributed by atoms with Crippen LogP contribution in [-0.2, 0) is 23.8 Å². The minimum Gasteiger partial charge on any atom is -0.451 e. The van der Waals surface area contributed by atoms with Gasteiger partial charge in [-0.1, -0.05) is 20.1 Å².